The van der Waals surface area contributed by atoms with Crippen LogP contribution in [-0.2, 0) is 4.79 Å². The number of likely N-dealkylation sites (N-methyl/N-ethyl adjacent to an activating group) is 1. The van der Waals surface area contributed by atoms with E-state index in [1.807, 2.05) is 4.90 Å². The second kappa shape index (κ2) is 8.05. The molecule has 2 aliphatic rings. The van der Waals surface area contributed by atoms with Gasteiger partial charge in [0.1, 0.15) is 5.75 Å². The fraction of sp³-hybridized carbons (Fsp3) is 0.579. The number of nitrogens with zero attached hydrogens (tertiary/aromatic N) is 2. The number of nitrogens with one attached hydrogen (secondary N) is 1. The molecule has 2 fully saturated rings. The molecule has 3 N–H and O–H groups in total. The number of carbonyl (C=O) groups is 2. The van der Waals surface area contributed by atoms with E-state index in [0.717, 1.165) is 25.9 Å². The van der Waals surface area contributed by atoms with Crippen molar-refractivity contribution < 1.29 is 14.3 Å². The second-order valence-electron chi connectivity index (χ2n) is 7.27. The van der Waals surface area contributed by atoms with E-state index in [9.17, 15) is 9.59 Å². The van der Waals surface area contributed by atoms with E-state index in [2.05, 4.69) is 17.3 Å². The molecule has 3 rings (SSSR count). The Bertz CT molecular complexity index is 671. The first-order chi connectivity index (χ1) is 12.5. The molecular weight excluding hydrogens is 332 g/mol. The first kappa shape index (κ1) is 18.7. The van der Waals surface area contributed by atoms with Gasteiger partial charge in [-0.25, -0.2) is 0 Å². The minimum Gasteiger partial charge on any atom is -0.495 e. The number of benzene rings is 1. The van der Waals surface area contributed by atoms with E-state index in [1.165, 1.54) is 0 Å². The van der Waals surface area contributed by atoms with E-state index in [0.29, 0.717) is 36.5 Å². The van der Waals surface area contributed by atoms with Crippen LogP contribution in [-0.4, -0.2) is 68.0 Å². The van der Waals surface area contributed by atoms with Crippen molar-refractivity contribution in [1.29, 1.82) is 0 Å². The van der Waals surface area contributed by atoms with Gasteiger partial charge in [0.05, 0.1) is 12.8 Å². The molecule has 1 aliphatic heterocycles. The molecule has 7 nitrogen and oxygen atoms in total. The maximum Gasteiger partial charge on any atom is 0.254 e. The number of rotatable bonds is 4. The zero-order valence-corrected chi connectivity index (χ0v) is 15.5. The number of amides is 2. The molecule has 2 atom stereocenters. The van der Waals surface area contributed by atoms with Crippen molar-refractivity contribution in [3.8, 4) is 5.75 Å². The first-order valence-corrected chi connectivity index (χ1v) is 9.20. The van der Waals surface area contributed by atoms with Crippen LogP contribution in [0, 0.1) is 5.92 Å². The van der Waals surface area contributed by atoms with Gasteiger partial charge in [-0.05, 0) is 44.5 Å². The normalized spacial score (nSPS) is 23.7. The molecule has 0 radical (unpaired) electrons. The van der Waals surface area contributed by atoms with E-state index in [-0.39, 0.29) is 23.8 Å². The molecule has 2 unspecified atom stereocenters. The predicted octanol–water partition coefficient (Wildman–Crippen LogP) is 1.15. The number of methoxy groups -OCH3 is 1. The summed E-state index contributed by atoms with van der Waals surface area (Å²) in [5.74, 6) is 0.404. The topological polar surface area (TPSA) is 87.9 Å². The van der Waals surface area contributed by atoms with Crippen LogP contribution >= 0.6 is 0 Å². The highest BCUT2D eigenvalue weighted by Gasteiger charge is 2.28. The van der Waals surface area contributed by atoms with Gasteiger partial charge in [0.15, 0.2) is 0 Å². The first-order valence-electron chi connectivity index (χ1n) is 9.20. The van der Waals surface area contributed by atoms with Crippen molar-refractivity contribution in [3.63, 3.8) is 0 Å². The highest BCUT2D eigenvalue weighted by atomic mass is 16.5. The van der Waals surface area contributed by atoms with Gasteiger partial charge in [-0.1, -0.05) is 0 Å². The third-order valence-electron chi connectivity index (χ3n) is 5.34. The Balaban J connectivity index is 1.73. The Morgan fingerprint density at radius 2 is 1.92 bits per heavy atom. The molecule has 1 aromatic rings. The summed E-state index contributed by atoms with van der Waals surface area (Å²) >= 11 is 0. The number of piperazine rings is 1. The Labute approximate surface area is 154 Å². The summed E-state index contributed by atoms with van der Waals surface area (Å²) in [5, 5.41) is 2.93. The Kier molecular flexibility index (Phi) is 5.78. The molecular formula is C19H28N4O3. The zero-order valence-electron chi connectivity index (χ0n) is 15.5. The second-order valence-corrected chi connectivity index (χ2v) is 7.27. The monoisotopic (exact) mass is 360 g/mol. The van der Waals surface area contributed by atoms with Gasteiger partial charge < -0.3 is 25.6 Å². The largest absolute Gasteiger partial charge is 0.495 e. The van der Waals surface area contributed by atoms with Crippen molar-refractivity contribution in [2.45, 2.75) is 25.3 Å². The summed E-state index contributed by atoms with van der Waals surface area (Å²) in [6, 6.07) is 5.30. The highest BCUT2D eigenvalue weighted by molar-refractivity contribution is 5.99. The average molecular weight is 360 g/mol. The van der Waals surface area contributed by atoms with Gasteiger partial charge in [-0.3, -0.25) is 9.59 Å². The molecule has 7 heteroatoms. The van der Waals surface area contributed by atoms with Crippen LogP contribution in [0.15, 0.2) is 18.2 Å². The van der Waals surface area contributed by atoms with Gasteiger partial charge in [0, 0.05) is 43.7 Å². The van der Waals surface area contributed by atoms with Crippen molar-refractivity contribution in [2.24, 2.45) is 11.7 Å². The van der Waals surface area contributed by atoms with Gasteiger partial charge >= 0.3 is 0 Å². The SMILES string of the molecule is COc1ccc(C(=O)N2CCN(C)CC2)cc1NC(=O)C1CCC(N)C1. The molecule has 1 saturated carbocycles. The lowest BCUT2D eigenvalue weighted by molar-refractivity contribution is -0.119. The average Bonchev–Trinajstić information content (AvgIpc) is 3.08. The van der Waals surface area contributed by atoms with Crippen LogP contribution in [0.1, 0.15) is 29.6 Å². The van der Waals surface area contributed by atoms with Crippen LogP contribution in [0.4, 0.5) is 5.69 Å². The van der Waals surface area contributed by atoms with Gasteiger partial charge in [0.2, 0.25) is 5.91 Å². The number of carbonyl (C=O) groups excluding carboxylic acids is 2. The van der Waals surface area contributed by atoms with Crippen molar-refractivity contribution >= 4 is 17.5 Å². The van der Waals surface area contributed by atoms with Crippen LogP contribution in [0.2, 0.25) is 0 Å². The standard InChI is InChI=1S/C19H28N4O3/c1-22-7-9-23(10-8-22)19(25)14-4-6-17(26-2)16(12-14)21-18(24)13-3-5-15(20)11-13/h4,6,12-13,15H,3,5,7-11,20H2,1-2H3,(H,21,24). The van der Waals surface area contributed by atoms with Crippen LogP contribution in [0.5, 0.6) is 5.75 Å². The Morgan fingerprint density at radius 3 is 2.54 bits per heavy atom. The van der Waals surface area contributed by atoms with Crippen LogP contribution < -0.4 is 15.8 Å². The number of hydrogen-bond acceptors (Lipinski definition) is 5. The molecule has 2 amide bonds. The molecule has 1 heterocycles. The lowest BCUT2D eigenvalue weighted by Crippen LogP contribution is -2.47. The Morgan fingerprint density at radius 1 is 1.19 bits per heavy atom. The molecule has 0 spiro atoms. The van der Waals surface area contributed by atoms with E-state index in [4.69, 9.17) is 10.5 Å². The summed E-state index contributed by atoms with van der Waals surface area (Å²) in [5.41, 5.74) is 7.01. The van der Waals surface area contributed by atoms with Gasteiger partial charge in [-0.2, -0.15) is 0 Å². The third-order valence-corrected chi connectivity index (χ3v) is 5.34. The molecule has 1 aliphatic carbocycles. The number of hydrogen-bond donors (Lipinski definition) is 2. The fourth-order valence-electron chi connectivity index (χ4n) is 3.62. The molecule has 26 heavy (non-hydrogen) atoms. The van der Waals surface area contributed by atoms with Gasteiger partial charge in [-0.15, -0.1) is 0 Å². The number of ether oxygens (including phenoxy) is 1. The quantitative estimate of drug-likeness (QED) is 0.841. The van der Waals surface area contributed by atoms with Crippen molar-refractivity contribution in [2.75, 3.05) is 45.7 Å². The lowest BCUT2D eigenvalue weighted by Gasteiger charge is -2.32. The summed E-state index contributed by atoms with van der Waals surface area (Å²) in [6.45, 7) is 3.16. The maximum absolute atomic E-state index is 12.8. The minimum atomic E-state index is -0.0771. The van der Waals surface area contributed by atoms with E-state index < -0.39 is 0 Å². The van der Waals surface area contributed by atoms with Crippen molar-refractivity contribution in [3.05, 3.63) is 23.8 Å². The molecule has 0 bridgehead atoms. The number of anilines is 1. The van der Waals surface area contributed by atoms with Crippen LogP contribution in [0.25, 0.3) is 0 Å². The van der Waals surface area contributed by atoms with Crippen LogP contribution in [0.3, 0.4) is 0 Å². The Hall–Kier alpha value is -2.12. The zero-order chi connectivity index (χ0) is 18.7. The summed E-state index contributed by atoms with van der Waals surface area (Å²) in [4.78, 5) is 29.4. The summed E-state index contributed by atoms with van der Waals surface area (Å²) < 4.78 is 5.35. The van der Waals surface area contributed by atoms with E-state index in [1.54, 1.807) is 25.3 Å². The van der Waals surface area contributed by atoms with E-state index >= 15 is 0 Å². The van der Waals surface area contributed by atoms with Crippen molar-refractivity contribution in [1.82, 2.24) is 9.80 Å². The summed E-state index contributed by atoms with van der Waals surface area (Å²) in [6.07, 6.45) is 2.38. The maximum atomic E-state index is 12.8. The lowest BCUT2D eigenvalue weighted by atomic mass is 10.1. The smallest absolute Gasteiger partial charge is 0.254 e. The molecule has 142 valence electrons. The molecule has 1 aromatic carbocycles. The third kappa shape index (κ3) is 4.16. The highest BCUT2D eigenvalue weighted by Crippen LogP contribution is 2.30. The predicted molar refractivity (Wildman–Crippen MR) is 100 cm³/mol. The fourth-order valence-corrected chi connectivity index (χ4v) is 3.62. The molecule has 0 aromatic heterocycles. The minimum absolute atomic E-state index is 0.0147. The molecule has 1 saturated heterocycles. The number of nitrogens with two attached hydrogens (primary N) is 1. The van der Waals surface area contributed by atoms with Gasteiger partial charge in [0.25, 0.3) is 5.91 Å². The summed E-state index contributed by atoms with van der Waals surface area (Å²) in [7, 11) is 3.61.